The molecule has 0 aliphatic heterocycles. The summed E-state index contributed by atoms with van der Waals surface area (Å²) in [5.74, 6) is 2.14. The summed E-state index contributed by atoms with van der Waals surface area (Å²) in [7, 11) is 1.64. The summed E-state index contributed by atoms with van der Waals surface area (Å²) in [5.41, 5.74) is 3.49. The van der Waals surface area contributed by atoms with Crippen molar-refractivity contribution in [2.45, 2.75) is 25.6 Å². The molecule has 1 atom stereocenters. The van der Waals surface area contributed by atoms with E-state index >= 15 is 0 Å². The van der Waals surface area contributed by atoms with Gasteiger partial charge in [-0.25, -0.2) is 0 Å². The molecule has 0 aliphatic carbocycles. The van der Waals surface area contributed by atoms with Crippen LogP contribution in [0.1, 0.15) is 29.7 Å². The fourth-order valence-electron chi connectivity index (χ4n) is 2.33. The molecule has 0 saturated carbocycles. The Morgan fingerprint density at radius 3 is 2.57 bits per heavy atom. The van der Waals surface area contributed by atoms with Crippen molar-refractivity contribution in [2.75, 3.05) is 12.9 Å². The van der Waals surface area contributed by atoms with Gasteiger partial charge in [-0.05, 0) is 25.5 Å². The Labute approximate surface area is 142 Å². The highest BCUT2D eigenvalue weighted by molar-refractivity contribution is 7.99. The molecule has 0 aliphatic rings. The maximum Gasteiger partial charge on any atom is 0.230 e. The number of thioether (sulfide) groups is 1. The number of benzene rings is 2. The van der Waals surface area contributed by atoms with Crippen LogP contribution in [0.15, 0.2) is 48.5 Å². The molecule has 2 aromatic rings. The smallest absolute Gasteiger partial charge is 0.230 e. The second-order valence-electron chi connectivity index (χ2n) is 5.51. The SMILES string of the molecule is COc1ccccc1[C@H](C)NC(=O)CSCc1ccc(C)cc1. The zero-order chi connectivity index (χ0) is 16.7. The highest BCUT2D eigenvalue weighted by Crippen LogP contribution is 2.24. The molecule has 4 heteroatoms. The van der Waals surface area contributed by atoms with Crippen molar-refractivity contribution >= 4 is 17.7 Å². The van der Waals surface area contributed by atoms with Crippen molar-refractivity contribution in [3.8, 4) is 5.75 Å². The predicted octanol–water partition coefficient (Wildman–Crippen LogP) is 4.11. The van der Waals surface area contributed by atoms with Crippen LogP contribution in [0.3, 0.4) is 0 Å². The van der Waals surface area contributed by atoms with E-state index in [0.29, 0.717) is 5.75 Å². The normalized spacial score (nSPS) is 11.8. The highest BCUT2D eigenvalue weighted by atomic mass is 32.2. The number of rotatable bonds is 7. The summed E-state index contributed by atoms with van der Waals surface area (Å²) in [5, 5.41) is 3.03. The zero-order valence-corrected chi connectivity index (χ0v) is 14.7. The van der Waals surface area contributed by atoms with Gasteiger partial charge >= 0.3 is 0 Å². The Hall–Kier alpha value is -1.94. The van der Waals surface area contributed by atoms with E-state index in [4.69, 9.17) is 4.74 Å². The van der Waals surface area contributed by atoms with Crippen molar-refractivity contribution in [3.63, 3.8) is 0 Å². The first-order valence-corrected chi connectivity index (χ1v) is 8.81. The van der Waals surface area contributed by atoms with E-state index in [0.717, 1.165) is 17.1 Å². The molecule has 0 bridgehead atoms. The molecule has 2 aromatic carbocycles. The lowest BCUT2D eigenvalue weighted by molar-refractivity contribution is -0.119. The fraction of sp³-hybridized carbons (Fsp3) is 0.316. The number of hydrogen-bond donors (Lipinski definition) is 1. The van der Waals surface area contributed by atoms with Crippen molar-refractivity contribution in [1.29, 1.82) is 0 Å². The first-order chi connectivity index (χ1) is 11.1. The Morgan fingerprint density at radius 1 is 1.17 bits per heavy atom. The van der Waals surface area contributed by atoms with Crippen LogP contribution < -0.4 is 10.1 Å². The minimum atomic E-state index is -0.0707. The summed E-state index contributed by atoms with van der Waals surface area (Å²) in [6.07, 6.45) is 0. The van der Waals surface area contributed by atoms with E-state index in [1.807, 2.05) is 31.2 Å². The van der Waals surface area contributed by atoms with Crippen LogP contribution in [0.2, 0.25) is 0 Å². The lowest BCUT2D eigenvalue weighted by atomic mass is 10.1. The molecule has 3 nitrogen and oxygen atoms in total. The number of amides is 1. The van der Waals surface area contributed by atoms with Crippen LogP contribution in [0.4, 0.5) is 0 Å². The average molecular weight is 329 g/mol. The molecule has 0 unspecified atom stereocenters. The number of methoxy groups -OCH3 is 1. The van der Waals surface area contributed by atoms with E-state index in [9.17, 15) is 4.79 Å². The molecule has 2 rings (SSSR count). The topological polar surface area (TPSA) is 38.3 Å². The largest absolute Gasteiger partial charge is 0.496 e. The van der Waals surface area contributed by atoms with Crippen LogP contribution in [0.5, 0.6) is 5.75 Å². The predicted molar refractivity (Wildman–Crippen MR) is 96.9 cm³/mol. The van der Waals surface area contributed by atoms with Gasteiger partial charge in [0.05, 0.1) is 18.9 Å². The van der Waals surface area contributed by atoms with Gasteiger partial charge in [0.1, 0.15) is 5.75 Å². The minimum Gasteiger partial charge on any atom is -0.496 e. The van der Waals surface area contributed by atoms with Gasteiger partial charge in [-0.3, -0.25) is 4.79 Å². The summed E-state index contributed by atoms with van der Waals surface area (Å²) in [4.78, 5) is 12.1. The van der Waals surface area contributed by atoms with Crippen molar-refractivity contribution in [3.05, 3.63) is 65.2 Å². The second-order valence-corrected chi connectivity index (χ2v) is 6.50. The Bertz CT molecular complexity index is 640. The third kappa shape index (κ3) is 5.32. The van der Waals surface area contributed by atoms with Gasteiger partial charge in [-0.2, -0.15) is 0 Å². The van der Waals surface area contributed by atoms with Gasteiger partial charge in [0, 0.05) is 11.3 Å². The second kappa shape index (κ2) is 8.63. The van der Waals surface area contributed by atoms with Crippen LogP contribution in [-0.2, 0) is 10.5 Å². The molecule has 1 amide bonds. The van der Waals surface area contributed by atoms with E-state index < -0.39 is 0 Å². The summed E-state index contributed by atoms with van der Waals surface area (Å²) >= 11 is 1.62. The average Bonchev–Trinajstić information content (AvgIpc) is 2.56. The van der Waals surface area contributed by atoms with Gasteiger partial charge in [-0.1, -0.05) is 48.0 Å². The quantitative estimate of drug-likeness (QED) is 0.830. The number of para-hydroxylation sites is 1. The van der Waals surface area contributed by atoms with Crippen LogP contribution >= 0.6 is 11.8 Å². The van der Waals surface area contributed by atoms with Gasteiger partial charge in [0.15, 0.2) is 0 Å². The van der Waals surface area contributed by atoms with Gasteiger partial charge in [-0.15, -0.1) is 11.8 Å². The van der Waals surface area contributed by atoms with Gasteiger partial charge in [0.25, 0.3) is 0 Å². The van der Waals surface area contributed by atoms with Gasteiger partial charge < -0.3 is 10.1 Å². The fourth-order valence-corrected chi connectivity index (χ4v) is 3.13. The molecule has 122 valence electrons. The van der Waals surface area contributed by atoms with Gasteiger partial charge in [0.2, 0.25) is 5.91 Å². The first-order valence-electron chi connectivity index (χ1n) is 7.65. The van der Waals surface area contributed by atoms with Crippen molar-refractivity contribution < 1.29 is 9.53 Å². The van der Waals surface area contributed by atoms with Crippen molar-refractivity contribution in [1.82, 2.24) is 5.32 Å². The molecule has 0 heterocycles. The number of carbonyl (C=O) groups is 1. The molecule has 0 saturated heterocycles. The highest BCUT2D eigenvalue weighted by Gasteiger charge is 2.13. The number of hydrogen-bond acceptors (Lipinski definition) is 3. The molecule has 23 heavy (non-hydrogen) atoms. The summed E-state index contributed by atoms with van der Waals surface area (Å²) in [6, 6.07) is 16.1. The Kier molecular flexibility index (Phi) is 6.53. The van der Waals surface area contributed by atoms with E-state index in [-0.39, 0.29) is 11.9 Å². The maximum absolute atomic E-state index is 12.1. The standard InChI is InChI=1S/C19H23NO2S/c1-14-8-10-16(11-9-14)12-23-13-19(21)20-15(2)17-6-4-5-7-18(17)22-3/h4-11,15H,12-13H2,1-3H3,(H,20,21)/t15-/m0/s1. The zero-order valence-electron chi connectivity index (χ0n) is 13.8. The third-order valence-electron chi connectivity index (χ3n) is 3.61. The van der Waals surface area contributed by atoms with E-state index in [1.54, 1.807) is 18.9 Å². The number of nitrogens with one attached hydrogen (secondary N) is 1. The van der Waals surface area contributed by atoms with E-state index in [2.05, 4.69) is 36.5 Å². The third-order valence-corrected chi connectivity index (χ3v) is 4.61. The molecule has 0 fully saturated rings. The number of ether oxygens (including phenoxy) is 1. The Balaban J connectivity index is 1.81. The molecule has 0 aromatic heterocycles. The lowest BCUT2D eigenvalue weighted by Gasteiger charge is -2.17. The first kappa shape index (κ1) is 17.4. The lowest BCUT2D eigenvalue weighted by Crippen LogP contribution is -2.28. The van der Waals surface area contributed by atoms with Crippen LogP contribution in [-0.4, -0.2) is 18.8 Å². The maximum atomic E-state index is 12.1. The molecule has 0 spiro atoms. The summed E-state index contributed by atoms with van der Waals surface area (Å²) < 4.78 is 5.34. The summed E-state index contributed by atoms with van der Waals surface area (Å²) in [6.45, 7) is 4.05. The van der Waals surface area contributed by atoms with Crippen molar-refractivity contribution in [2.24, 2.45) is 0 Å². The minimum absolute atomic E-state index is 0.0421. The van der Waals surface area contributed by atoms with Crippen LogP contribution in [0.25, 0.3) is 0 Å². The Morgan fingerprint density at radius 2 is 1.87 bits per heavy atom. The number of aryl methyl sites for hydroxylation is 1. The van der Waals surface area contributed by atoms with Crippen LogP contribution in [0, 0.1) is 6.92 Å². The molecule has 0 radical (unpaired) electrons. The van der Waals surface area contributed by atoms with E-state index in [1.165, 1.54) is 11.1 Å². The molecule has 1 N–H and O–H groups in total. The molecular weight excluding hydrogens is 306 g/mol. The molecular formula is C19H23NO2S. The monoisotopic (exact) mass is 329 g/mol. The number of carbonyl (C=O) groups excluding carboxylic acids is 1.